The standard InChI is InChI=1S/C30H42N6O/c1-18(2)25-27(21-14-24(37-8)29-31-17-32-36(29)15-21)33-23-13-19(3)26(34-28(23)25)20-9-11-22(12-10-20)35(7)16-30(4,5)6/h13-15,17-18,20,22,33H,9-12,16H2,1-8H3. The highest BCUT2D eigenvalue weighted by atomic mass is 16.5. The minimum atomic E-state index is 0.311. The van der Waals surface area contributed by atoms with Gasteiger partial charge in [-0.25, -0.2) is 9.50 Å². The van der Waals surface area contributed by atoms with Gasteiger partial charge in [-0.1, -0.05) is 34.6 Å². The van der Waals surface area contributed by atoms with Crippen LogP contribution in [0.15, 0.2) is 24.7 Å². The van der Waals surface area contributed by atoms with Crippen molar-refractivity contribution in [3.05, 3.63) is 41.5 Å². The number of aromatic amines is 1. The highest BCUT2D eigenvalue weighted by Crippen LogP contribution is 2.40. The summed E-state index contributed by atoms with van der Waals surface area (Å²) in [5, 5.41) is 4.36. The summed E-state index contributed by atoms with van der Waals surface area (Å²) in [6.07, 6.45) is 8.46. The maximum Gasteiger partial charge on any atom is 0.197 e. The van der Waals surface area contributed by atoms with Gasteiger partial charge >= 0.3 is 0 Å². The molecule has 0 atom stereocenters. The molecule has 4 aromatic rings. The molecular weight excluding hydrogens is 460 g/mol. The first-order chi connectivity index (χ1) is 17.6. The molecule has 0 aromatic carbocycles. The Balaban J connectivity index is 1.49. The third kappa shape index (κ3) is 4.98. The van der Waals surface area contributed by atoms with E-state index in [2.05, 4.69) is 74.6 Å². The summed E-state index contributed by atoms with van der Waals surface area (Å²) in [4.78, 5) is 16.0. The van der Waals surface area contributed by atoms with E-state index in [1.807, 2.05) is 12.3 Å². The summed E-state index contributed by atoms with van der Waals surface area (Å²) in [7, 11) is 3.98. The van der Waals surface area contributed by atoms with Crippen molar-refractivity contribution in [1.29, 1.82) is 0 Å². The zero-order chi connectivity index (χ0) is 26.5. The van der Waals surface area contributed by atoms with Gasteiger partial charge in [0, 0.05) is 41.5 Å². The molecule has 1 aliphatic carbocycles. The number of nitrogens with zero attached hydrogens (tertiary/aromatic N) is 5. The zero-order valence-electron chi connectivity index (χ0n) is 23.7. The first-order valence-electron chi connectivity index (χ1n) is 13.7. The van der Waals surface area contributed by atoms with Crippen molar-refractivity contribution >= 4 is 16.7 Å². The predicted octanol–water partition coefficient (Wildman–Crippen LogP) is 6.72. The molecule has 37 heavy (non-hydrogen) atoms. The summed E-state index contributed by atoms with van der Waals surface area (Å²) in [5.41, 5.74) is 9.15. The van der Waals surface area contributed by atoms with E-state index in [0.29, 0.717) is 34.7 Å². The van der Waals surface area contributed by atoms with Crippen molar-refractivity contribution in [2.24, 2.45) is 5.41 Å². The Morgan fingerprint density at radius 3 is 2.54 bits per heavy atom. The fourth-order valence-corrected chi connectivity index (χ4v) is 6.30. The van der Waals surface area contributed by atoms with Crippen molar-refractivity contribution in [3.63, 3.8) is 0 Å². The van der Waals surface area contributed by atoms with Crippen LogP contribution in [0.1, 0.15) is 89.0 Å². The molecule has 1 fully saturated rings. The SMILES string of the molecule is COc1cc(-c2[nH]c3cc(C)c(C4CCC(N(C)CC(C)(C)C)CC4)nc3c2C(C)C)cn2ncnc12. The number of fused-ring (bicyclic) bond motifs is 2. The van der Waals surface area contributed by atoms with E-state index in [1.54, 1.807) is 18.0 Å². The molecule has 5 rings (SSSR count). The second-order valence-corrected chi connectivity index (χ2v) is 12.5. The molecule has 0 amide bonds. The van der Waals surface area contributed by atoms with Crippen LogP contribution in [-0.4, -0.2) is 56.2 Å². The molecule has 7 heteroatoms. The van der Waals surface area contributed by atoms with Gasteiger partial charge in [-0.3, -0.25) is 4.98 Å². The second-order valence-electron chi connectivity index (χ2n) is 12.5. The number of aromatic nitrogens is 5. The van der Waals surface area contributed by atoms with Crippen LogP contribution in [0.4, 0.5) is 0 Å². The molecule has 0 saturated heterocycles. The third-order valence-corrected chi connectivity index (χ3v) is 7.89. The number of aryl methyl sites for hydroxylation is 1. The van der Waals surface area contributed by atoms with Crippen LogP contribution in [0.5, 0.6) is 5.75 Å². The highest BCUT2D eigenvalue weighted by molar-refractivity contribution is 5.89. The molecule has 0 aliphatic heterocycles. The summed E-state index contributed by atoms with van der Waals surface area (Å²) < 4.78 is 7.42. The molecule has 4 aromatic heterocycles. The predicted molar refractivity (Wildman–Crippen MR) is 151 cm³/mol. The van der Waals surface area contributed by atoms with Crippen molar-refractivity contribution in [1.82, 2.24) is 29.5 Å². The number of rotatable bonds is 6. The molecule has 0 radical (unpaired) electrons. The second kappa shape index (κ2) is 9.75. The Bertz CT molecular complexity index is 1400. The number of methoxy groups -OCH3 is 1. The monoisotopic (exact) mass is 502 g/mol. The van der Waals surface area contributed by atoms with Crippen LogP contribution in [-0.2, 0) is 0 Å². The van der Waals surface area contributed by atoms with E-state index < -0.39 is 0 Å². The molecule has 1 saturated carbocycles. The van der Waals surface area contributed by atoms with Gasteiger partial charge in [0.1, 0.15) is 6.33 Å². The Kier molecular flexibility index (Phi) is 6.77. The van der Waals surface area contributed by atoms with E-state index in [9.17, 15) is 0 Å². The van der Waals surface area contributed by atoms with E-state index in [0.717, 1.165) is 28.8 Å². The fourth-order valence-electron chi connectivity index (χ4n) is 6.30. The summed E-state index contributed by atoms with van der Waals surface area (Å²) in [5.74, 6) is 1.54. The van der Waals surface area contributed by atoms with E-state index in [-0.39, 0.29) is 0 Å². The average molecular weight is 503 g/mol. The Labute approximate surface area is 220 Å². The molecule has 198 valence electrons. The molecule has 1 N–H and O–H groups in total. The van der Waals surface area contributed by atoms with Gasteiger partial charge in [0.15, 0.2) is 11.4 Å². The number of pyridine rings is 2. The first-order valence-corrected chi connectivity index (χ1v) is 13.7. The number of hydrogen-bond acceptors (Lipinski definition) is 5. The minimum absolute atomic E-state index is 0.311. The van der Waals surface area contributed by atoms with Crippen molar-refractivity contribution in [2.45, 2.75) is 85.1 Å². The maximum absolute atomic E-state index is 5.64. The highest BCUT2D eigenvalue weighted by Gasteiger charge is 2.29. The van der Waals surface area contributed by atoms with E-state index >= 15 is 0 Å². The number of nitrogens with one attached hydrogen (secondary N) is 1. The number of ether oxygens (including phenoxy) is 1. The Morgan fingerprint density at radius 1 is 1.16 bits per heavy atom. The summed E-state index contributed by atoms with van der Waals surface area (Å²) >= 11 is 0. The Morgan fingerprint density at radius 2 is 1.89 bits per heavy atom. The Hall–Kier alpha value is -2.93. The van der Waals surface area contributed by atoms with Gasteiger partial charge in [-0.2, -0.15) is 5.10 Å². The quantitative estimate of drug-likeness (QED) is 0.317. The fraction of sp³-hybridized carbons (Fsp3) is 0.567. The molecular formula is C30H42N6O. The average Bonchev–Trinajstić information content (AvgIpc) is 3.46. The molecule has 4 heterocycles. The lowest BCUT2D eigenvalue weighted by molar-refractivity contribution is 0.135. The molecule has 1 aliphatic rings. The largest absolute Gasteiger partial charge is 0.493 e. The summed E-state index contributed by atoms with van der Waals surface area (Å²) in [6, 6.07) is 5.02. The van der Waals surface area contributed by atoms with Crippen molar-refractivity contribution < 1.29 is 4.74 Å². The smallest absolute Gasteiger partial charge is 0.197 e. The third-order valence-electron chi connectivity index (χ3n) is 7.89. The van der Waals surface area contributed by atoms with Crippen LogP contribution in [0.3, 0.4) is 0 Å². The maximum atomic E-state index is 5.64. The lowest BCUT2D eigenvalue weighted by Gasteiger charge is -2.37. The van der Waals surface area contributed by atoms with Gasteiger partial charge in [-0.05, 0) is 68.7 Å². The van der Waals surface area contributed by atoms with Crippen molar-refractivity contribution in [2.75, 3.05) is 20.7 Å². The molecule has 0 spiro atoms. The van der Waals surface area contributed by atoms with Gasteiger partial charge < -0.3 is 14.6 Å². The first kappa shape index (κ1) is 25.7. The van der Waals surface area contributed by atoms with Gasteiger partial charge in [0.25, 0.3) is 0 Å². The lowest BCUT2D eigenvalue weighted by Crippen LogP contribution is -2.39. The lowest BCUT2D eigenvalue weighted by atomic mass is 9.81. The number of H-pyrrole nitrogens is 1. The van der Waals surface area contributed by atoms with E-state index in [4.69, 9.17) is 9.72 Å². The van der Waals surface area contributed by atoms with Crippen LogP contribution in [0.2, 0.25) is 0 Å². The van der Waals surface area contributed by atoms with Gasteiger partial charge in [-0.15, -0.1) is 0 Å². The normalized spacial score (nSPS) is 19.0. The minimum Gasteiger partial charge on any atom is -0.493 e. The van der Waals surface area contributed by atoms with Crippen LogP contribution in [0.25, 0.3) is 27.9 Å². The van der Waals surface area contributed by atoms with Crippen LogP contribution in [0, 0.1) is 12.3 Å². The number of hydrogen-bond donors (Lipinski definition) is 1. The zero-order valence-corrected chi connectivity index (χ0v) is 23.7. The van der Waals surface area contributed by atoms with E-state index in [1.165, 1.54) is 42.5 Å². The molecule has 0 bridgehead atoms. The molecule has 7 nitrogen and oxygen atoms in total. The van der Waals surface area contributed by atoms with Crippen LogP contribution >= 0.6 is 0 Å². The van der Waals surface area contributed by atoms with Gasteiger partial charge in [0.2, 0.25) is 0 Å². The topological polar surface area (TPSA) is 71.3 Å². The van der Waals surface area contributed by atoms with Crippen LogP contribution < -0.4 is 4.74 Å². The van der Waals surface area contributed by atoms with Crippen molar-refractivity contribution in [3.8, 4) is 17.0 Å². The van der Waals surface area contributed by atoms with Gasteiger partial charge in [0.05, 0.1) is 23.8 Å². The summed E-state index contributed by atoms with van der Waals surface area (Å²) in [6.45, 7) is 14.8. The molecule has 0 unspecified atom stereocenters.